The molecular formula is C13H31NO3. The van der Waals surface area contributed by atoms with Crippen molar-refractivity contribution in [2.45, 2.75) is 47.6 Å². The Bertz CT molecular complexity index is 119. The number of rotatable bonds is 9. The Morgan fingerprint density at radius 2 is 1.53 bits per heavy atom. The molecule has 1 N–H and O–H groups in total. The second kappa shape index (κ2) is 24.7. The van der Waals surface area contributed by atoms with Gasteiger partial charge in [-0.2, -0.15) is 0 Å². The lowest BCUT2D eigenvalue weighted by Gasteiger charge is -2.08. The van der Waals surface area contributed by atoms with E-state index in [4.69, 9.17) is 9.47 Å². The predicted molar refractivity (Wildman–Crippen MR) is 73.5 cm³/mol. The van der Waals surface area contributed by atoms with Gasteiger partial charge in [0.25, 0.3) is 0 Å². The lowest BCUT2D eigenvalue weighted by Crippen LogP contribution is -2.27. The Kier molecular flexibility index (Phi) is 31.6. The van der Waals surface area contributed by atoms with Gasteiger partial charge in [0, 0.05) is 12.6 Å². The van der Waals surface area contributed by atoms with E-state index in [1.54, 1.807) is 0 Å². The normalized spacial score (nSPS) is 8.88. The molecule has 0 atom stereocenters. The number of ether oxygens (including phenoxy) is 2. The van der Waals surface area contributed by atoms with Crippen molar-refractivity contribution in [1.29, 1.82) is 0 Å². The average molecular weight is 249 g/mol. The Hall–Kier alpha value is -0.450. The van der Waals surface area contributed by atoms with Crippen LogP contribution in [0.15, 0.2) is 0 Å². The van der Waals surface area contributed by atoms with Crippen LogP contribution in [-0.2, 0) is 14.3 Å². The van der Waals surface area contributed by atoms with Crippen molar-refractivity contribution in [3.8, 4) is 0 Å². The molecule has 0 spiro atoms. The fraction of sp³-hybridized carbons (Fsp3) is 0.923. The monoisotopic (exact) mass is 249 g/mol. The van der Waals surface area contributed by atoms with E-state index in [1.807, 2.05) is 27.7 Å². The van der Waals surface area contributed by atoms with Crippen LogP contribution in [0.3, 0.4) is 0 Å². The van der Waals surface area contributed by atoms with Crippen LogP contribution in [0.25, 0.3) is 0 Å². The highest BCUT2D eigenvalue weighted by Gasteiger charge is 1.91. The van der Waals surface area contributed by atoms with Crippen LogP contribution in [0, 0.1) is 0 Å². The zero-order valence-electron chi connectivity index (χ0n) is 12.4. The molecule has 0 amide bonds. The Morgan fingerprint density at radius 1 is 1.00 bits per heavy atom. The van der Waals surface area contributed by atoms with Crippen molar-refractivity contribution in [2.24, 2.45) is 0 Å². The Labute approximate surface area is 107 Å². The number of aldehydes is 1. The summed E-state index contributed by atoms with van der Waals surface area (Å²) in [4.78, 5) is 9.84. The molecule has 0 rings (SSSR count). The third kappa shape index (κ3) is 31.3. The van der Waals surface area contributed by atoms with Crippen LogP contribution in [0.4, 0.5) is 0 Å². The minimum Gasteiger partial charge on any atom is -0.378 e. The van der Waals surface area contributed by atoms with Gasteiger partial charge in [-0.05, 0) is 0 Å². The first-order valence-electron chi connectivity index (χ1n) is 6.60. The van der Waals surface area contributed by atoms with E-state index >= 15 is 0 Å². The highest BCUT2D eigenvalue weighted by molar-refractivity contribution is 5.50. The molecule has 17 heavy (non-hydrogen) atoms. The lowest BCUT2D eigenvalue weighted by molar-refractivity contribution is -0.112. The molecule has 4 heteroatoms. The summed E-state index contributed by atoms with van der Waals surface area (Å²) >= 11 is 0. The summed E-state index contributed by atoms with van der Waals surface area (Å²) in [5.41, 5.74) is 0. The molecule has 0 aromatic rings. The first kappa shape index (κ1) is 21.8. The molecule has 0 aliphatic heterocycles. The SMILES string of the molecule is CC.CC.CC(C)NCCOCCOCC=O. The molecule has 0 aromatic heterocycles. The van der Waals surface area contributed by atoms with E-state index in [9.17, 15) is 4.79 Å². The van der Waals surface area contributed by atoms with Crippen LogP contribution >= 0.6 is 0 Å². The highest BCUT2D eigenvalue weighted by Crippen LogP contribution is 1.79. The van der Waals surface area contributed by atoms with Crippen LogP contribution in [-0.4, -0.2) is 45.3 Å². The number of carbonyl (C=O) groups is 1. The fourth-order valence-corrected chi connectivity index (χ4v) is 0.771. The van der Waals surface area contributed by atoms with Gasteiger partial charge in [0.1, 0.15) is 12.9 Å². The molecule has 0 saturated carbocycles. The number of hydrogen-bond donors (Lipinski definition) is 1. The van der Waals surface area contributed by atoms with E-state index in [2.05, 4.69) is 19.2 Å². The van der Waals surface area contributed by atoms with Crippen molar-refractivity contribution < 1.29 is 14.3 Å². The first-order chi connectivity index (χ1) is 8.27. The molecular weight excluding hydrogens is 218 g/mol. The summed E-state index contributed by atoms with van der Waals surface area (Å²) in [6, 6.07) is 0.495. The van der Waals surface area contributed by atoms with Gasteiger partial charge in [-0.1, -0.05) is 41.5 Å². The predicted octanol–water partition coefficient (Wildman–Crippen LogP) is 2.27. The molecule has 0 heterocycles. The fourth-order valence-electron chi connectivity index (χ4n) is 0.771. The summed E-state index contributed by atoms with van der Waals surface area (Å²) < 4.78 is 10.1. The third-order valence-electron chi connectivity index (χ3n) is 1.36. The van der Waals surface area contributed by atoms with Gasteiger partial charge in [-0.15, -0.1) is 0 Å². The summed E-state index contributed by atoms with van der Waals surface area (Å²) in [6.45, 7) is 14.9. The topological polar surface area (TPSA) is 47.6 Å². The molecule has 0 radical (unpaired) electrons. The second-order valence-corrected chi connectivity index (χ2v) is 2.96. The van der Waals surface area contributed by atoms with Gasteiger partial charge in [-0.25, -0.2) is 0 Å². The Morgan fingerprint density at radius 3 is 2.00 bits per heavy atom. The third-order valence-corrected chi connectivity index (χ3v) is 1.36. The van der Waals surface area contributed by atoms with Crippen molar-refractivity contribution >= 4 is 6.29 Å². The van der Waals surface area contributed by atoms with Crippen molar-refractivity contribution in [3.05, 3.63) is 0 Å². The molecule has 0 aliphatic rings. The van der Waals surface area contributed by atoms with Crippen molar-refractivity contribution in [3.63, 3.8) is 0 Å². The smallest absolute Gasteiger partial charge is 0.145 e. The van der Waals surface area contributed by atoms with Crippen LogP contribution in [0.2, 0.25) is 0 Å². The molecule has 0 aromatic carbocycles. The van der Waals surface area contributed by atoms with Gasteiger partial charge in [0.15, 0.2) is 0 Å². The quantitative estimate of drug-likeness (QED) is 0.503. The zero-order chi connectivity index (χ0) is 13.9. The first-order valence-corrected chi connectivity index (χ1v) is 6.60. The molecule has 0 fully saturated rings. The summed E-state index contributed by atoms with van der Waals surface area (Å²) in [5, 5.41) is 3.23. The van der Waals surface area contributed by atoms with Gasteiger partial charge < -0.3 is 19.6 Å². The molecule has 4 nitrogen and oxygen atoms in total. The van der Waals surface area contributed by atoms with Crippen LogP contribution in [0.1, 0.15) is 41.5 Å². The summed E-state index contributed by atoms with van der Waals surface area (Å²) in [5.74, 6) is 0. The average Bonchev–Trinajstić information content (AvgIpc) is 2.37. The molecule has 0 unspecified atom stereocenters. The minimum absolute atomic E-state index is 0.160. The van der Waals surface area contributed by atoms with E-state index in [-0.39, 0.29) is 6.61 Å². The lowest BCUT2D eigenvalue weighted by atomic mass is 10.4. The standard InChI is InChI=1S/C9H19NO3.2C2H6/c1-9(2)10-3-5-12-7-8-13-6-4-11;2*1-2/h4,9-10H,3,5-8H2,1-2H3;2*1-2H3. The second-order valence-electron chi connectivity index (χ2n) is 2.96. The summed E-state index contributed by atoms with van der Waals surface area (Å²) in [6.07, 6.45) is 0.736. The molecule has 0 bridgehead atoms. The van der Waals surface area contributed by atoms with E-state index in [1.165, 1.54) is 0 Å². The Balaban J connectivity index is -0.000000439. The molecule has 0 aliphatic carbocycles. The molecule has 0 saturated heterocycles. The van der Waals surface area contributed by atoms with E-state index in [0.29, 0.717) is 25.9 Å². The van der Waals surface area contributed by atoms with Crippen LogP contribution < -0.4 is 5.32 Å². The van der Waals surface area contributed by atoms with Gasteiger partial charge in [0.2, 0.25) is 0 Å². The maximum Gasteiger partial charge on any atom is 0.145 e. The van der Waals surface area contributed by atoms with Crippen LogP contribution in [0.5, 0.6) is 0 Å². The maximum atomic E-state index is 9.84. The molecule has 106 valence electrons. The van der Waals surface area contributed by atoms with Gasteiger partial charge in [-0.3, -0.25) is 0 Å². The van der Waals surface area contributed by atoms with Crippen molar-refractivity contribution in [2.75, 3.05) is 33.0 Å². The maximum absolute atomic E-state index is 9.84. The summed E-state index contributed by atoms with van der Waals surface area (Å²) in [7, 11) is 0. The minimum atomic E-state index is 0.160. The number of carbonyl (C=O) groups excluding carboxylic acids is 1. The van der Waals surface area contributed by atoms with Crippen molar-refractivity contribution in [1.82, 2.24) is 5.32 Å². The largest absolute Gasteiger partial charge is 0.378 e. The van der Waals surface area contributed by atoms with E-state index < -0.39 is 0 Å². The number of hydrogen-bond acceptors (Lipinski definition) is 4. The van der Waals surface area contributed by atoms with Gasteiger partial charge >= 0.3 is 0 Å². The zero-order valence-corrected chi connectivity index (χ0v) is 12.4. The van der Waals surface area contributed by atoms with Gasteiger partial charge in [0.05, 0.1) is 19.8 Å². The van der Waals surface area contributed by atoms with E-state index in [0.717, 1.165) is 12.8 Å². The number of nitrogens with one attached hydrogen (secondary N) is 1. The highest BCUT2D eigenvalue weighted by atomic mass is 16.5.